The number of rotatable bonds is 6. The number of thiophene rings is 1. The Morgan fingerprint density at radius 3 is 2.32 bits per heavy atom. The van der Waals surface area contributed by atoms with Gasteiger partial charge in [0.25, 0.3) is 0 Å². The van der Waals surface area contributed by atoms with Gasteiger partial charge in [0.2, 0.25) is 11.7 Å². The molecule has 0 amide bonds. The molecule has 7 nitrogen and oxygen atoms in total. The van der Waals surface area contributed by atoms with Crippen molar-refractivity contribution >= 4 is 33.1 Å². The van der Waals surface area contributed by atoms with Gasteiger partial charge in [0.1, 0.15) is 6.33 Å². The van der Waals surface area contributed by atoms with Crippen LogP contribution in [0.1, 0.15) is 0 Å². The van der Waals surface area contributed by atoms with Crippen LogP contribution in [0, 0.1) is 0 Å². The third kappa shape index (κ3) is 3.41. The number of ether oxygens (including phenoxy) is 3. The van der Waals surface area contributed by atoms with E-state index in [1.165, 1.54) is 16.4 Å². The van der Waals surface area contributed by atoms with E-state index in [-0.39, 0.29) is 0 Å². The summed E-state index contributed by atoms with van der Waals surface area (Å²) in [5.74, 6) is 2.66. The lowest BCUT2D eigenvalue weighted by Crippen LogP contribution is -2.01. The molecule has 0 radical (unpaired) electrons. The van der Waals surface area contributed by atoms with Gasteiger partial charge in [-0.1, -0.05) is 18.2 Å². The van der Waals surface area contributed by atoms with Crippen LogP contribution in [0.3, 0.4) is 0 Å². The first-order valence-corrected chi connectivity index (χ1v) is 9.28. The average molecular weight is 394 g/mol. The highest BCUT2D eigenvalue weighted by atomic mass is 32.1. The van der Waals surface area contributed by atoms with E-state index in [0.717, 1.165) is 4.88 Å². The average Bonchev–Trinajstić information content (AvgIpc) is 3.17. The summed E-state index contributed by atoms with van der Waals surface area (Å²) in [6, 6.07) is 13.9. The molecule has 2 aromatic carbocycles. The minimum Gasteiger partial charge on any atom is -0.493 e. The first-order chi connectivity index (χ1) is 13.7. The standard InChI is InChI=1S/C20H18N4O3S/c1-25-14-9-13(10-15(26-2)18(14)27-3)23-20-22-11-21-19(24-20)17-8-12-6-4-5-7-16(12)28-17/h4-11H,1-3H3,(H,21,22,23,24). The fourth-order valence-electron chi connectivity index (χ4n) is 2.85. The van der Waals surface area contributed by atoms with Crippen LogP contribution in [-0.4, -0.2) is 36.3 Å². The van der Waals surface area contributed by atoms with Crippen LogP contribution in [0.4, 0.5) is 11.6 Å². The van der Waals surface area contributed by atoms with E-state index < -0.39 is 0 Å². The van der Waals surface area contributed by atoms with Crippen LogP contribution < -0.4 is 19.5 Å². The molecule has 8 heteroatoms. The van der Waals surface area contributed by atoms with Crippen LogP contribution >= 0.6 is 11.3 Å². The summed E-state index contributed by atoms with van der Waals surface area (Å²) in [4.78, 5) is 14.1. The van der Waals surface area contributed by atoms with Crippen molar-refractivity contribution in [3.8, 4) is 28.0 Å². The van der Waals surface area contributed by atoms with E-state index in [4.69, 9.17) is 14.2 Å². The summed E-state index contributed by atoms with van der Waals surface area (Å²) in [5.41, 5.74) is 0.711. The molecule has 0 unspecified atom stereocenters. The van der Waals surface area contributed by atoms with Crippen LogP contribution in [0.25, 0.3) is 20.8 Å². The summed E-state index contributed by atoms with van der Waals surface area (Å²) in [6.45, 7) is 0. The number of hydrogen-bond donors (Lipinski definition) is 1. The third-order valence-electron chi connectivity index (χ3n) is 4.14. The van der Waals surface area contributed by atoms with E-state index in [2.05, 4.69) is 38.5 Å². The first-order valence-electron chi connectivity index (χ1n) is 8.47. The van der Waals surface area contributed by atoms with E-state index in [1.807, 2.05) is 12.1 Å². The maximum atomic E-state index is 5.39. The molecule has 0 saturated heterocycles. The zero-order valence-corrected chi connectivity index (χ0v) is 16.4. The summed E-state index contributed by atoms with van der Waals surface area (Å²) in [6.07, 6.45) is 1.49. The van der Waals surface area contributed by atoms with E-state index in [9.17, 15) is 0 Å². The largest absolute Gasteiger partial charge is 0.493 e. The summed E-state index contributed by atoms with van der Waals surface area (Å²) < 4.78 is 17.3. The number of methoxy groups -OCH3 is 3. The Balaban J connectivity index is 1.67. The Labute approximate surface area is 166 Å². The number of fused-ring (bicyclic) bond motifs is 1. The van der Waals surface area contributed by atoms with Gasteiger partial charge < -0.3 is 19.5 Å². The number of hydrogen-bond acceptors (Lipinski definition) is 8. The molecule has 0 aliphatic rings. The second-order valence-corrected chi connectivity index (χ2v) is 6.90. The highest BCUT2D eigenvalue weighted by molar-refractivity contribution is 7.22. The van der Waals surface area contributed by atoms with Crippen molar-refractivity contribution in [2.75, 3.05) is 26.6 Å². The van der Waals surface area contributed by atoms with Crippen LogP contribution in [0.5, 0.6) is 17.2 Å². The second kappa shape index (κ2) is 7.69. The Morgan fingerprint density at radius 1 is 0.893 bits per heavy atom. The van der Waals surface area contributed by atoms with E-state index >= 15 is 0 Å². The molecule has 0 spiro atoms. The molecule has 142 valence electrons. The number of aromatic nitrogens is 3. The van der Waals surface area contributed by atoms with Crippen molar-refractivity contribution in [1.29, 1.82) is 0 Å². The van der Waals surface area contributed by atoms with Gasteiger partial charge in [-0.15, -0.1) is 11.3 Å². The molecular formula is C20H18N4O3S. The van der Waals surface area contributed by atoms with Crippen LogP contribution in [-0.2, 0) is 0 Å². The minimum atomic E-state index is 0.428. The van der Waals surface area contributed by atoms with Crippen molar-refractivity contribution < 1.29 is 14.2 Å². The van der Waals surface area contributed by atoms with Gasteiger partial charge in [-0.3, -0.25) is 0 Å². The zero-order chi connectivity index (χ0) is 19.5. The SMILES string of the molecule is COc1cc(Nc2ncnc(-c3cc4ccccc4s3)n2)cc(OC)c1OC. The molecule has 0 aliphatic carbocycles. The van der Waals surface area contributed by atoms with Crippen molar-refractivity contribution in [3.05, 3.63) is 48.8 Å². The topological polar surface area (TPSA) is 78.4 Å². The predicted octanol–water partition coefficient (Wildman–Crippen LogP) is 4.52. The molecule has 0 atom stereocenters. The van der Waals surface area contributed by atoms with Gasteiger partial charge in [0.15, 0.2) is 17.3 Å². The molecule has 1 N–H and O–H groups in total. The van der Waals surface area contributed by atoms with Crippen LogP contribution in [0.2, 0.25) is 0 Å². The van der Waals surface area contributed by atoms with Gasteiger partial charge in [-0.2, -0.15) is 4.98 Å². The van der Waals surface area contributed by atoms with Gasteiger partial charge in [-0.25, -0.2) is 9.97 Å². The molecule has 0 saturated carbocycles. The van der Waals surface area contributed by atoms with Crippen molar-refractivity contribution in [3.63, 3.8) is 0 Å². The third-order valence-corrected chi connectivity index (χ3v) is 5.25. The Bertz CT molecular complexity index is 1070. The lowest BCUT2D eigenvalue weighted by Gasteiger charge is -2.14. The van der Waals surface area contributed by atoms with Crippen molar-refractivity contribution in [1.82, 2.24) is 15.0 Å². The molecule has 4 rings (SSSR count). The fourth-order valence-corrected chi connectivity index (χ4v) is 3.85. The van der Waals surface area contributed by atoms with Crippen molar-refractivity contribution in [2.45, 2.75) is 0 Å². The van der Waals surface area contributed by atoms with Gasteiger partial charge in [0.05, 0.1) is 26.2 Å². The van der Waals surface area contributed by atoms with Gasteiger partial charge >= 0.3 is 0 Å². The maximum Gasteiger partial charge on any atom is 0.230 e. The molecular weight excluding hydrogens is 376 g/mol. The summed E-state index contributed by atoms with van der Waals surface area (Å²) >= 11 is 1.65. The smallest absolute Gasteiger partial charge is 0.230 e. The maximum absolute atomic E-state index is 5.39. The molecule has 4 aromatic rings. The number of benzene rings is 2. The predicted molar refractivity (Wildman–Crippen MR) is 110 cm³/mol. The summed E-state index contributed by atoms with van der Waals surface area (Å²) in [7, 11) is 4.71. The van der Waals surface area contributed by atoms with E-state index in [0.29, 0.717) is 34.7 Å². The zero-order valence-electron chi connectivity index (χ0n) is 15.6. The quantitative estimate of drug-likeness (QED) is 0.515. The summed E-state index contributed by atoms with van der Waals surface area (Å²) in [5, 5.41) is 4.34. The molecule has 2 aromatic heterocycles. The van der Waals surface area contributed by atoms with Gasteiger partial charge in [0, 0.05) is 22.5 Å². The Morgan fingerprint density at radius 2 is 1.64 bits per heavy atom. The highest BCUT2D eigenvalue weighted by Gasteiger charge is 2.14. The number of anilines is 2. The molecule has 28 heavy (non-hydrogen) atoms. The first kappa shape index (κ1) is 18.0. The lowest BCUT2D eigenvalue weighted by molar-refractivity contribution is 0.324. The lowest BCUT2D eigenvalue weighted by atomic mass is 10.2. The van der Waals surface area contributed by atoms with Gasteiger partial charge in [-0.05, 0) is 17.5 Å². The Kier molecular flexibility index (Phi) is 4.94. The van der Waals surface area contributed by atoms with E-state index in [1.54, 1.807) is 44.8 Å². The number of nitrogens with zero attached hydrogens (tertiary/aromatic N) is 3. The van der Waals surface area contributed by atoms with Crippen LogP contribution in [0.15, 0.2) is 48.8 Å². The monoisotopic (exact) mass is 394 g/mol. The minimum absolute atomic E-state index is 0.428. The fraction of sp³-hybridized carbons (Fsp3) is 0.150. The molecule has 0 bridgehead atoms. The molecule has 0 aliphatic heterocycles. The molecule has 2 heterocycles. The highest BCUT2D eigenvalue weighted by Crippen LogP contribution is 2.40. The molecule has 0 fully saturated rings. The normalized spacial score (nSPS) is 10.7. The van der Waals surface area contributed by atoms with Crippen molar-refractivity contribution in [2.24, 2.45) is 0 Å². The number of nitrogens with one attached hydrogen (secondary N) is 1. The Hall–Kier alpha value is -3.39. The second-order valence-electron chi connectivity index (χ2n) is 5.82.